The molecule has 2 N–H and O–H groups in total. The molecule has 3 heterocycles. The number of H-pyrrole nitrogens is 1. The third kappa shape index (κ3) is 3.55. The van der Waals surface area contributed by atoms with Crippen LogP contribution in [0.1, 0.15) is 17.1 Å². The Morgan fingerprint density at radius 3 is 2.50 bits per heavy atom. The number of anilines is 1. The van der Waals surface area contributed by atoms with Gasteiger partial charge in [-0.05, 0) is 25.1 Å². The van der Waals surface area contributed by atoms with Crippen molar-refractivity contribution >= 4 is 43.1 Å². The number of hydrogen-bond donors (Lipinski definition) is 2. The van der Waals surface area contributed by atoms with Gasteiger partial charge in [0, 0.05) is 24.9 Å². The summed E-state index contributed by atoms with van der Waals surface area (Å²) in [7, 11) is -7.42. The van der Waals surface area contributed by atoms with E-state index in [1.54, 1.807) is 19.1 Å². The van der Waals surface area contributed by atoms with E-state index in [2.05, 4.69) is 15.3 Å². The molecule has 1 fully saturated rings. The van der Waals surface area contributed by atoms with Crippen LogP contribution in [0.25, 0.3) is 11.6 Å². The summed E-state index contributed by atoms with van der Waals surface area (Å²) in [6.07, 6.45) is 2.40. The van der Waals surface area contributed by atoms with E-state index in [0.717, 1.165) is 6.26 Å². The van der Waals surface area contributed by atoms with Gasteiger partial charge in [-0.25, -0.2) is 21.8 Å². The minimum atomic E-state index is -3.87. The van der Waals surface area contributed by atoms with E-state index in [9.17, 15) is 21.6 Å². The van der Waals surface area contributed by atoms with E-state index in [0.29, 0.717) is 24.6 Å². The second-order valence-corrected chi connectivity index (χ2v) is 10.9. The Labute approximate surface area is 173 Å². The molecule has 1 aromatic heterocycles. The van der Waals surface area contributed by atoms with Crippen molar-refractivity contribution in [1.82, 2.24) is 14.3 Å². The van der Waals surface area contributed by atoms with Crippen molar-refractivity contribution in [3.8, 4) is 0 Å². The normalized spacial score (nSPS) is 19.1. The number of morpholine rings is 1. The van der Waals surface area contributed by atoms with Crippen molar-refractivity contribution in [2.24, 2.45) is 0 Å². The van der Waals surface area contributed by atoms with Gasteiger partial charge < -0.3 is 15.0 Å². The zero-order chi connectivity index (χ0) is 21.7. The van der Waals surface area contributed by atoms with Crippen molar-refractivity contribution in [1.29, 1.82) is 0 Å². The Bertz CT molecular complexity index is 1270. The summed E-state index contributed by atoms with van der Waals surface area (Å²) in [5, 5.41) is 2.54. The second kappa shape index (κ2) is 7.30. The summed E-state index contributed by atoms with van der Waals surface area (Å²) in [4.78, 5) is 19.5. The molecule has 30 heavy (non-hydrogen) atoms. The van der Waals surface area contributed by atoms with Gasteiger partial charge in [0.2, 0.25) is 10.0 Å². The van der Waals surface area contributed by atoms with Crippen LogP contribution in [0.2, 0.25) is 0 Å². The Morgan fingerprint density at radius 1 is 1.17 bits per heavy atom. The number of aryl methyl sites for hydroxylation is 1. The number of carbonyl (C=O) groups excluding carboxylic acids is 1. The van der Waals surface area contributed by atoms with Gasteiger partial charge in [0.25, 0.3) is 5.91 Å². The first-order valence-electron chi connectivity index (χ1n) is 9.10. The number of carbonyl (C=O) groups is 1. The molecule has 4 rings (SSSR count). The second-order valence-electron chi connectivity index (χ2n) is 7.03. The molecule has 0 unspecified atom stereocenters. The van der Waals surface area contributed by atoms with E-state index in [4.69, 9.17) is 4.74 Å². The molecule has 12 heteroatoms. The summed E-state index contributed by atoms with van der Waals surface area (Å²) in [5.74, 6) is -0.353. The number of fused-ring (bicyclic) bond motifs is 1. The number of rotatable bonds is 4. The lowest BCUT2D eigenvalue weighted by atomic mass is 10.1. The third-order valence-corrected chi connectivity index (χ3v) is 7.91. The molecule has 1 aromatic carbocycles. The number of nitrogens with one attached hydrogen (secondary N) is 2. The molecule has 160 valence electrons. The van der Waals surface area contributed by atoms with E-state index in [1.165, 1.54) is 16.4 Å². The van der Waals surface area contributed by atoms with Crippen molar-refractivity contribution in [2.45, 2.75) is 16.8 Å². The van der Waals surface area contributed by atoms with Crippen LogP contribution in [-0.4, -0.2) is 69.6 Å². The van der Waals surface area contributed by atoms with Crippen LogP contribution < -0.4 is 5.32 Å². The largest absolute Gasteiger partial charge is 0.379 e. The summed E-state index contributed by atoms with van der Waals surface area (Å²) in [6, 6.07) is 4.63. The average Bonchev–Trinajstić information content (AvgIpc) is 3.22. The molecule has 2 aliphatic heterocycles. The van der Waals surface area contributed by atoms with E-state index in [1.807, 2.05) is 0 Å². The lowest BCUT2D eigenvalue weighted by Crippen LogP contribution is -2.40. The maximum absolute atomic E-state index is 13.2. The lowest BCUT2D eigenvalue weighted by Gasteiger charge is -2.26. The minimum absolute atomic E-state index is 0.00175. The minimum Gasteiger partial charge on any atom is -0.379 e. The number of sulfone groups is 1. The van der Waals surface area contributed by atoms with Gasteiger partial charge in [-0.2, -0.15) is 4.31 Å². The smallest absolute Gasteiger partial charge is 0.256 e. The third-order valence-electron chi connectivity index (χ3n) is 4.87. The molecule has 0 atom stereocenters. The van der Waals surface area contributed by atoms with Crippen molar-refractivity contribution in [2.75, 3.05) is 37.9 Å². The van der Waals surface area contributed by atoms with E-state index < -0.39 is 25.8 Å². The Balaban J connectivity index is 1.84. The molecule has 1 saturated heterocycles. The Hall–Kier alpha value is -2.54. The highest BCUT2D eigenvalue weighted by Gasteiger charge is 2.35. The van der Waals surface area contributed by atoms with Crippen LogP contribution in [0.5, 0.6) is 0 Å². The maximum Gasteiger partial charge on any atom is 0.256 e. The summed E-state index contributed by atoms with van der Waals surface area (Å²) in [5.41, 5.74) is 1.03. The summed E-state index contributed by atoms with van der Waals surface area (Å²) in [6.45, 7) is 2.60. The SMILES string of the molecule is Cc1[nH]c(/C=C2\C(=O)Nc3cccc(S(=O)(=O)N4CCOCC4)c32)nc1S(C)(=O)=O. The molecule has 0 radical (unpaired) electrons. The fourth-order valence-corrected chi connectivity index (χ4v) is 6.04. The molecule has 1 amide bonds. The fourth-order valence-electron chi connectivity index (χ4n) is 3.53. The van der Waals surface area contributed by atoms with Gasteiger partial charge in [0.15, 0.2) is 14.9 Å². The number of aromatic amines is 1. The van der Waals surface area contributed by atoms with Crippen molar-refractivity contribution in [3.05, 3.63) is 35.3 Å². The first-order valence-corrected chi connectivity index (χ1v) is 12.4. The molecule has 2 aromatic rings. The number of benzene rings is 1. The van der Waals surface area contributed by atoms with Gasteiger partial charge in [-0.1, -0.05) is 6.07 Å². The van der Waals surface area contributed by atoms with E-state index in [-0.39, 0.29) is 40.0 Å². The van der Waals surface area contributed by atoms with Gasteiger partial charge in [-0.15, -0.1) is 0 Å². The van der Waals surface area contributed by atoms with Crippen LogP contribution in [-0.2, 0) is 29.4 Å². The number of amides is 1. The molecule has 10 nitrogen and oxygen atoms in total. The zero-order valence-electron chi connectivity index (χ0n) is 16.3. The van der Waals surface area contributed by atoms with Gasteiger partial charge in [0.05, 0.1) is 35.1 Å². The topological polar surface area (TPSA) is 139 Å². The Morgan fingerprint density at radius 2 is 1.87 bits per heavy atom. The summed E-state index contributed by atoms with van der Waals surface area (Å²) >= 11 is 0. The van der Waals surface area contributed by atoms with Crippen LogP contribution in [0.15, 0.2) is 28.1 Å². The number of ether oxygens (including phenoxy) is 1. The molecule has 2 aliphatic rings. The van der Waals surface area contributed by atoms with Crippen LogP contribution >= 0.6 is 0 Å². The standard InChI is InChI=1S/C18H20N4O6S2/c1-11-18(29(2,24)25)21-15(19-11)10-12-16-13(20-17(12)23)4-3-5-14(16)30(26,27)22-6-8-28-9-7-22/h3-5,10H,6-9H2,1-2H3,(H,19,21)(H,20,23)/b12-10-. The van der Waals surface area contributed by atoms with Gasteiger partial charge in [0.1, 0.15) is 5.82 Å². The van der Waals surface area contributed by atoms with Crippen LogP contribution in [0, 0.1) is 6.92 Å². The van der Waals surface area contributed by atoms with Crippen LogP contribution in [0.3, 0.4) is 0 Å². The summed E-state index contributed by atoms with van der Waals surface area (Å²) < 4.78 is 56.7. The van der Waals surface area contributed by atoms with Crippen LogP contribution in [0.4, 0.5) is 5.69 Å². The molecular formula is C18H20N4O6S2. The first-order chi connectivity index (χ1) is 14.1. The number of sulfonamides is 1. The maximum atomic E-state index is 13.2. The van der Waals surface area contributed by atoms with Crippen molar-refractivity contribution < 1.29 is 26.4 Å². The Kier molecular flexibility index (Phi) is 5.04. The molecule has 0 spiro atoms. The molecule has 0 saturated carbocycles. The van der Waals surface area contributed by atoms with Crippen molar-refractivity contribution in [3.63, 3.8) is 0 Å². The monoisotopic (exact) mass is 452 g/mol. The lowest BCUT2D eigenvalue weighted by molar-refractivity contribution is -0.110. The highest BCUT2D eigenvalue weighted by molar-refractivity contribution is 7.90. The predicted octanol–water partition coefficient (Wildman–Crippen LogP) is 0.635. The fraction of sp³-hybridized carbons (Fsp3) is 0.333. The van der Waals surface area contributed by atoms with Gasteiger partial charge in [-0.3, -0.25) is 4.79 Å². The number of hydrogen-bond acceptors (Lipinski definition) is 7. The average molecular weight is 453 g/mol. The predicted molar refractivity (Wildman–Crippen MR) is 109 cm³/mol. The quantitative estimate of drug-likeness (QED) is 0.649. The molecule has 0 aliphatic carbocycles. The number of nitrogens with zero attached hydrogens (tertiary/aromatic N) is 2. The highest BCUT2D eigenvalue weighted by atomic mass is 32.2. The number of aromatic nitrogens is 2. The number of imidazole rings is 1. The highest BCUT2D eigenvalue weighted by Crippen LogP contribution is 2.38. The van der Waals surface area contributed by atoms with Gasteiger partial charge >= 0.3 is 0 Å². The van der Waals surface area contributed by atoms with E-state index >= 15 is 0 Å². The zero-order valence-corrected chi connectivity index (χ0v) is 17.9. The molecule has 0 bridgehead atoms. The molecular weight excluding hydrogens is 432 g/mol. The first kappa shape index (κ1) is 20.7.